The molecular weight excluding hydrogens is 462 g/mol. The Balaban J connectivity index is 1.33. The Morgan fingerprint density at radius 2 is 1.60 bits per heavy atom. The van der Waals surface area contributed by atoms with Crippen molar-refractivity contribution in [3.63, 3.8) is 0 Å². The topological polar surface area (TPSA) is 96.7 Å². The first-order valence-corrected chi connectivity index (χ1v) is 12.5. The molecular formula is C26H23N5O3S. The van der Waals surface area contributed by atoms with Gasteiger partial charge in [0.2, 0.25) is 5.91 Å². The lowest BCUT2D eigenvalue weighted by molar-refractivity contribution is -0.121. The van der Waals surface area contributed by atoms with Gasteiger partial charge in [-0.1, -0.05) is 60.7 Å². The summed E-state index contributed by atoms with van der Waals surface area (Å²) in [5.41, 5.74) is 4.01. The molecule has 1 aliphatic rings. The SMILES string of the molecule is CN(CC(=O)NCc1cn(-c2ccccc2)nc1-c1ccccc1)C1=NS(=O)(=O)c2ccccc21. The van der Waals surface area contributed by atoms with Crippen LogP contribution in [0, 0.1) is 0 Å². The molecule has 5 rings (SSSR count). The molecule has 0 fully saturated rings. The third-order valence-electron chi connectivity index (χ3n) is 5.69. The normalized spacial score (nSPS) is 13.7. The predicted octanol–water partition coefficient (Wildman–Crippen LogP) is 3.24. The number of likely N-dealkylation sites (N-methyl/N-ethyl adjacent to an activating group) is 1. The van der Waals surface area contributed by atoms with E-state index in [4.69, 9.17) is 5.10 Å². The molecule has 0 bridgehead atoms. The Morgan fingerprint density at radius 3 is 2.34 bits per heavy atom. The summed E-state index contributed by atoms with van der Waals surface area (Å²) >= 11 is 0. The number of nitrogens with one attached hydrogen (secondary N) is 1. The number of nitrogens with zero attached hydrogens (tertiary/aromatic N) is 4. The third kappa shape index (κ3) is 4.58. The average Bonchev–Trinajstić information content (AvgIpc) is 3.43. The second-order valence-corrected chi connectivity index (χ2v) is 9.74. The van der Waals surface area contributed by atoms with Crippen LogP contribution in [0.4, 0.5) is 0 Å². The molecule has 0 radical (unpaired) electrons. The quantitative estimate of drug-likeness (QED) is 0.452. The Hall–Kier alpha value is -4.24. The van der Waals surface area contributed by atoms with E-state index in [1.165, 1.54) is 6.07 Å². The fourth-order valence-corrected chi connectivity index (χ4v) is 5.25. The number of para-hydroxylation sites is 1. The summed E-state index contributed by atoms with van der Waals surface area (Å²) in [6, 6.07) is 26.2. The number of hydrogen-bond acceptors (Lipinski definition) is 5. The lowest BCUT2D eigenvalue weighted by Gasteiger charge is -2.18. The monoisotopic (exact) mass is 485 g/mol. The van der Waals surface area contributed by atoms with Crippen LogP contribution in [-0.2, 0) is 21.4 Å². The van der Waals surface area contributed by atoms with Crippen molar-refractivity contribution in [2.24, 2.45) is 4.40 Å². The van der Waals surface area contributed by atoms with Gasteiger partial charge in [-0.3, -0.25) is 4.79 Å². The summed E-state index contributed by atoms with van der Waals surface area (Å²) in [5, 5.41) is 7.70. The molecule has 3 aromatic carbocycles. The molecule has 9 heteroatoms. The number of carbonyl (C=O) groups is 1. The second-order valence-electron chi connectivity index (χ2n) is 8.17. The van der Waals surface area contributed by atoms with Gasteiger partial charge >= 0.3 is 0 Å². The highest BCUT2D eigenvalue weighted by molar-refractivity contribution is 7.90. The van der Waals surface area contributed by atoms with Crippen LogP contribution >= 0.6 is 0 Å². The minimum atomic E-state index is -3.75. The molecule has 0 unspecified atom stereocenters. The number of sulfonamides is 1. The minimum absolute atomic E-state index is 0.0455. The van der Waals surface area contributed by atoms with Crippen molar-refractivity contribution < 1.29 is 13.2 Å². The van der Waals surface area contributed by atoms with Gasteiger partial charge in [-0.25, -0.2) is 4.68 Å². The van der Waals surface area contributed by atoms with Gasteiger partial charge in [-0.2, -0.15) is 13.5 Å². The Morgan fingerprint density at radius 1 is 0.943 bits per heavy atom. The van der Waals surface area contributed by atoms with Crippen LogP contribution in [0.25, 0.3) is 16.9 Å². The number of rotatable bonds is 6. The number of amides is 1. The molecule has 0 spiro atoms. The maximum Gasteiger partial charge on any atom is 0.285 e. The molecule has 0 saturated carbocycles. The van der Waals surface area contributed by atoms with Gasteiger partial charge in [0.25, 0.3) is 10.0 Å². The fraction of sp³-hybridized carbons (Fsp3) is 0.115. The standard InChI is InChI=1S/C26H23N5O3S/c1-30(26-22-14-8-9-15-23(22)35(33,34)29-26)18-24(32)27-16-20-17-31(21-12-6-3-7-13-21)28-25(20)19-10-4-2-5-11-19/h2-15,17H,16,18H2,1H3,(H,27,32). The van der Waals surface area contributed by atoms with E-state index in [0.717, 1.165) is 22.5 Å². The van der Waals surface area contributed by atoms with Crippen molar-refractivity contribution in [3.05, 3.63) is 102 Å². The summed E-state index contributed by atoms with van der Waals surface area (Å²) in [6.07, 6.45) is 1.91. The van der Waals surface area contributed by atoms with Crippen LogP contribution in [0.15, 0.2) is 100 Å². The zero-order chi connectivity index (χ0) is 24.4. The van der Waals surface area contributed by atoms with E-state index in [9.17, 15) is 13.2 Å². The van der Waals surface area contributed by atoms with Crippen molar-refractivity contribution in [3.8, 4) is 16.9 Å². The molecule has 176 valence electrons. The van der Waals surface area contributed by atoms with Crippen molar-refractivity contribution >= 4 is 21.8 Å². The fourth-order valence-electron chi connectivity index (χ4n) is 3.99. The highest BCUT2D eigenvalue weighted by atomic mass is 32.2. The predicted molar refractivity (Wildman–Crippen MR) is 134 cm³/mol. The van der Waals surface area contributed by atoms with Crippen molar-refractivity contribution in [2.45, 2.75) is 11.4 Å². The molecule has 1 N–H and O–H groups in total. The molecule has 0 saturated heterocycles. The van der Waals surface area contributed by atoms with E-state index < -0.39 is 10.0 Å². The number of fused-ring (bicyclic) bond motifs is 1. The Bertz CT molecular complexity index is 1510. The first-order valence-electron chi connectivity index (χ1n) is 11.0. The van der Waals surface area contributed by atoms with Gasteiger partial charge in [-0.05, 0) is 24.3 Å². The molecule has 1 aromatic heterocycles. The minimum Gasteiger partial charge on any atom is -0.350 e. The van der Waals surface area contributed by atoms with Gasteiger partial charge < -0.3 is 10.2 Å². The van der Waals surface area contributed by atoms with Crippen LogP contribution in [-0.4, -0.2) is 48.4 Å². The van der Waals surface area contributed by atoms with Gasteiger partial charge in [0.1, 0.15) is 4.90 Å². The molecule has 1 amide bonds. The maximum atomic E-state index is 12.8. The first-order chi connectivity index (χ1) is 16.9. The van der Waals surface area contributed by atoms with Crippen molar-refractivity contribution in [1.82, 2.24) is 20.0 Å². The van der Waals surface area contributed by atoms with Crippen molar-refractivity contribution in [2.75, 3.05) is 13.6 Å². The van der Waals surface area contributed by atoms with Crippen LogP contribution in [0.1, 0.15) is 11.1 Å². The molecule has 4 aromatic rings. The molecule has 1 aliphatic heterocycles. The average molecular weight is 486 g/mol. The van der Waals surface area contributed by atoms with Crippen molar-refractivity contribution in [1.29, 1.82) is 0 Å². The van der Waals surface area contributed by atoms with Gasteiger partial charge in [-0.15, -0.1) is 4.40 Å². The van der Waals surface area contributed by atoms with E-state index in [1.54, 1.807) is 34.8 Å². The van der Waals surface area contributed by atoms with Gasteiger partial charge in [0.15, 0.2) is 5.84 Å². The molecule has 2 heterocycles. The van der Waals surface area contributed by atoms with E-state index in [1.807, 2.05) is 66.9 Å². The number of aromatic nitrogens is 2. The maximum absolute atomic E-state index is 12.8. The third-order valence-corrected chi connectivity index (χ3v) is 7.01. The van der Waals surface area contributed by atoms with Gasteiger partial charge in [0, 0.05) is 36.5 Å². The van der Waals surface area contributed by atoms with Crippen LogP contribution in [0.5, 0.6) is 0 Å². The van der Waals surface area contributed by atoms with Gasteiger partial charge in [0.05, 0.1) is 17.9 Å². The number of hydrogen-bond donors (Lipinski definition) is 1. The summed E-state index contributed by atoms with van der Waals surface area (Å²) in [5.74, 6) is 0.000994. The molecule has 0 aliphatic carbocycles. The number of benzene rings is 3. The van der Waals surface area contributed by atoms with E-state index in [2.05, 4.69) is 9.71 Å². The van der Waals surface area contributed by atoms with Crippen LogP contribution < -0.4 is 5.32 Å². The summed E-state index contributed by atoms with van der Waals surface area (Å²) < 4.78 is 30.3. The van der Waals surface area contributed by atoms with Crippen LogP contribution in [0.2, 0.25) is 0 Å². The largest absolute Gasteiger partial charge is 0.350 e. The zero-order valence-electron chi connectivity index (χ0n) is 19.0. The molecule has 35 heavy (non-hydrogen) atoms. The Kier molecular flexibility index (Phi) is 5.92. The molecule has 8 nitrogen and oxygen atoms in total. The number of amidine groups is 1. The lowest BCUT2D eigenvalue weighted by Crippen LogP contribution is -2.38. The zero-order valence-corrected chi connectivity index (χ0v) is 19.8. The summed E-state index contributed by atoms with van der Waals surface area (Å²) in [7, 11) is -2.10. The van der Waals surface area contributed by atoms with E-state index >= 15 is 0 Å². The lowest BCUT2D eigenvalue weighted by atomic mass is 10.1. The smallest absolute Gasteiger partial charge is 0.285 e. The second kappa shape index (κ2) is 9.19. The highest BCUT2D eigenvalue weighted by Crippen LogP contribution is 2.27. The highest BCUT2D eigenvalue weighted by Gasteiger charge is 2.30. The number of carbonyl (C=O) groups excluding carboxylic acids is 1. The van der Waals surface area contributed by atoms with E-state index in [-0.39, 0.29) is 29.7 Å². The first kappa shape index (κ1) is 22.5. The van der Waals surface area contributed by atoms with Crippen LogP contribution in [0.3, 0.4) is 0 Å². The molecule has 0 atom stereocenters. The van der Waals surface area contributed by atoms with E-state index in [0.29, 0.717) is 5.56 Å². The Labute approximate surface area is 203 Å². The summed E-state index contributed by atoms with van der Waals surface area (Å²) in [4.78, 5) is 14.5. The summed E-state index contributed by atoms with van der Waals surface area (Å²) in [6.45, 7) is 0.223.